The van der Waals surface area contributed by atoms with Crippen molar-refractivity contribution in [1.82, 2.24) is 10.2 Å². The number of alkyl carbamates (subject to hydrolysis) is 1. The van der Waals surface area contributed by atoms with Gasteiger partial charge >= 0.3 is 12.1 Å². The Bertz CT molecular complexity index is 1020. The van der Waals surface area contributed by atoms with Crippen LogP contribution in [0.4, 0.5) is 4.79 Å². The maximum Gasteiger partial charge on any atom is 0.407 e. The first-order chi connectivity index (χ1) is 16.0. The van der Waals surface area contributed by atoms with Crippen LogP contribution in [-0.4, -0.2) is 53.7 Å². The van der Waals surface area contributed by atoms with Crippen LogP contribution >= 0.6 is 0 Å². The predicted molar refractivity (Wildman–Crippen MR) is 124 cm³/mol. The Hall–Kier alpha value is -3.61. The van der Waals surface area contributed by atoms with Gasteiger partial charge < -0.3 is 20.1 Å². The van der Waals surface area contributed by atoms with E-state index in [0.29, 0.717) is 19.4 Å². The van der Waals surface area contributed by atoms with Crippen LogP contribution in [0.5, 0.6) is 0 Å². The first-order valence-corrected chi connectivity index (χ1v) is 11.2. The van der Waals surface area contributed by atoms with Gasteiger partial charge in [0.05, 0.1) is 5.92 Å². The van der Waals surface area contributed by atoms with E-state index in [0.717, 1.165) is 22.3 Å². The molecule has 1 heterocycles. The van der Waals surface area contributed by atoms with Gasteiger partial charge in [0.25, 0.3) is 0 Å². The number of benzene rings is 2. The van der Waals surface area contributed by atoms with Crippen LogP contribution in [0.25, 0.3) is 11.1 Å². The molecule has 2 aromatic rings. The van der Waals surface area contributed by atoms with Crippen molar-refractivity contribution in [1.29, 1.82) is 0 Å². The van der Waals surface area contributed by atoms with Gasteiger partial charge in [-0.05, 0) is 41.5 Å². The summed E-state index contributed by atoms with van der Waals surface area (Å²) in [6.45, 7) is 4.45. The maximum absolute atomic E-state index is 13.0. The Morgan fingerprint density at radius 3 is 2.36 bits per heavy atom. The molecular weight excluding hydrogens is 420 g/mol. The van der Waals surface area contributed by atoms with Crippen molar-refractivity contribution in [3.05, 3.63) is 72.3 Å². The number of nitrogens with one attached hydrogen (secondary N) is 1. The Morgan fingerprint density at radius 1 is 1.12 bits per heavy atom. The van der Waals surface area contributed by atoms with Crippen molar-refractivity contribution in [2.75, 3.05) is 19.7 Å². The average Bonchev–Trinajstić information content (AvgIpc) is 3.16. The number of amides is 2. The molecule has 0 aromatic heterocycles. The molecule has 1 aliphatic carbocycles. The van der Waals surface area contributed by atoms with E-state index >= 15 is 0 Å². The fourth-order valence-corrected chi connectivity index (χ4v) is 4.77. The molecule has 2 atom stereocenters. The number of piperidine rings is 1. The summed E-state index contributed by atoms with van der Waals surface area (Å²) in [5, 5.41) is 12.0. The number of carboxylic acid groups (broad SMARTS) is 1. The number of carboxylic acids is 1. The quantitative estimate of drug-likeness (QED) is 0.629. The zero-order chi connectivity index (χ0) is 23.4. The van der Waals surface area contributed by atoms with Gasteiger partial charge in [0.2, 0.25) is 5.91 Å². The van der Waals surface area contributed by atoms with Crippen LogP contribution in [-0.2, 0) is 14.3 Å². The third kappa shape index (κ3) is 4.77. The first-order valence-electron chi connectivity index (χ1n) is 11.2. The highest BCUT2D eigenvalue weighted by atomic mass is 16.5. The summed E-state index contributed by atoms with van der Waals surface area (Å²) < 4.78 is 5.56. The topological polar surface area (TPSA) is 95.9 Å². The van der Waals surface area contributed by atoms with Crippen LogP contribution in [0, 0.1) is 5.92 Å². The molecule has 172 valence electrons. The van der Waals surface area contributed by atoms with Crippen LogP contribution < -0.4 is 5.32 Å². The minimum Gasteiger partial charge on any atom is -0.481 e. The van der Waals surface area contributed by atoms with Crippen molar-refractivity contribution in [2.45, 2.75) is 31.2 Å². The number of nitrogens with zero attached hydrogens (tertiary/aromatic N) is 1. The van der Waals surface area contributed by atoms with E-state index in [1.165, 1.54) is 4.90 Å². The Labute approximate surface area is 193 Å². The molecule has 0 saturated carbocycles. The Morgan fingerprint density at radius 2 is 1.76 bits per heavy atom. The number of carbonyl (C=O) groups is 3. The largest absolute Gasteiger partial charge is 0.481 e. The minimum absolute atomic E-state index is 0.0740. The number of ether oxygens (including phenoxy) is 1. The standard InChI is InChI=1S/C26H28N2O5/c1-2-8-23(24(29)28-14-7-9-17(15-28)25(30)31)27-26(32)33-16-22-20-12-5-3-10-18(20)19-11-4-6-13-21(19)22/h2-6,10-13,17,22-23H,1,7-9,14-16H2,(H,27,32)(H,30,31). The van der Waals surface area contributed by atoms with Crippen molar-refractivity contribution in [3.8, 4) is 11.1 Å². The van der Waals surface area contributed by atoms with Gasteiger partial charge in [-0.15, -0.1) is 6.58 Å². The lowest BCUT2D eigenvalue weighted by atomic mass is 9.97. The summed E-state index contributed by atoms with van der Waals surface area (Å²) in [4.78, 5) is 38.5. The Kier molecular flexibility index (Phi) is 6.77. The fourth-order valence-electron chi connectivity index (χ4n) is 4.77. The van der Waals surface area contributed by atoms with Crippen molar-refractivity contribution >= 4 is 18.0 Å². The molecule has 1 aliphatic heterocycles. The summed E-state index contributed by atoms with van der Waals surface area (Å²) in [7, 11) is 0. The molecule has 2 amide bonds. The SMILES string of the molecule is C=CCC(NC(=O)OCC1c2ccccc2-c2ccccc21)C(=O)N1CCCC(C(=O)O)C1. The van der Waals surface area contributed by atoms with E-state index < -0.39 is 24.0 Å². The number of fused-ring (bicyclic) bond motifs is 3. The van der Waals surface area contributed by atoms with Crippen molar-refractivity contribution in [3.63, 3.8) is 0 Å². The molecule has 0 spiro atoms. The summed E-state index contributed by atoms with van der Waals surface area (Å²) in [5.41, 5.74) is 4.50. The minimum atomic E-state index is -0.905. The van der Waals surface area contributed by atoms with Gasteiger partial charge in [-0.2, -0.15) is 0 Å². The van der Waals surface area contributed by atoms with E-state index in [2.05, 4.69) is 24.0 Å². The highest BCUT2D eigenvalue weighted by molar-refractivity contribution is 5.86. The average molecular weight is 449 g/mol. The fraction of sp³-hybridized carbons (Fsp3) is 0.346. The lowest BCUT2D eigenvalue weighted by molar-refractivity contribution is -0.146. The molecule has 2 unspecified atom stereocenters. The number of hydrogen-bond acceptors (Lipinski definition) is 4. The second kappa shape index (κ2) is 9.90. The lowest BCUT2D eigenvalue weighted by Gasteiger charge is -2.33. The van der Waals surface area contributed by atoms with Crippen LogP contribution in [0.15, 0.2) is 61.2 Å². The molecule has 0 radical (unpaired) electrons. The summed E-state index contributed by atoms with van der Waals surface area (Å²) in [5.74, 6) is -1.87. The number of hydrogen-bond donors (Lipinski definition) is 2. The third-order valence-electron chi connectivity index (χ3n) is 6.42. The molecule has 1 saturated heterocycles. The number of aliphatic carboxylic acids is 1. The van der Waals surface area contributed by atoms with Gasteiger partial charge in [0.15, 0.2) is 0 Å². The van der Waals surface area contributed by atoms with Gasteiger partial charge in [0, 0.05) is 19.0 Å². The molecule has 7 heteroatoms. The van der Waals surface area contributed by atoms with Gasteiger partial charge in [-0.1, -0.05) is 54.6 Å². The molecule has 7 nitrogen and oxygen atoms in total. The number of likely N-dealkylation sites (tertiary alicyclic amines) is 1. The maximum atomic E-state index is 13.0. The van der Waals surface area contributed by atoms with E-state index in [1.807, 2.05) is 36.4 Å². The predicted octanol–water partition coefficient (Wildman–Crippen LogP) is 3.79. The van der Waals surface area contributed by atoms with Crippen molar-refractivity contribution in [2.24, 2.45) is 5.92 Å². The van der Waals surface area contributed by atoms with E-state index in [1.54, 1.807) is 6.08 Å². The lowest BCUT2D eigenvalue weighted by Crippen LogP contribution is -2.52. The zero-order valence-electron chi connectivity index (χ0n) is 18.4. The smallest absolute Gasteiger partial charge is 0.407 e. The van der Waals surface area contributed by atoms with E-state index in [9.17, 15) is 19.5 Å². The molecule has 2 N–H and O–H groups in total. The molecule has 4 rings (SSSR count). The Balaban J connectivity index is 1.40. The molecule has 2 aliphatic rings. The number of rotatable bonds is 7. The van der Waals surface area contributed by atoms with Gasteiger partial charge in [-0.25, -0.2) is 4.79 Å². The molecular formula is C26H28N2O5. The summed E-state index contributed by atoms with van der Waals surface area (Å²) in [6.07, 6.45) is 2.28. The van der Waals surface area contributed by atoms with Gasteiger partial charge in [-0.3, -0.25) is 9.59 Å². The van der Waals surface area contributed by atoms with Gasteiger partial charge in [0.1, 0.15) is 12.6 Å². The second-order valence-corrected chi connectivity index (χ2v) is 8.51. The molecule has 33 heavy (non-hydrogen) atoms. The molecule has 1 fully saturated rings. The summed E-state index contributed by atoms with van der Waals surface area (Å²) in [6, 6.07) is 15.3. The molecule has 0 bridgehead atoms. The highest BCUT2D eigenvalue weighted by Gasteiger charge is 2.33. The zero-order valence-corrected chi connectivity index (χ0v) is 18.4. The monoisotopic (exact) mass is 448 g/mol. The van der Waals surface area contributed by atoms with Crippen LogP contribution in [0.2, 0.25) is 0 Å². The van der Waals surface area contributed by atoms with E-state index in [4.69, 9.17) is 4.74 Å². The van der Waals surface area contributed by atoms with Crippen LogP contribution in [0.3, 0.4) is 0 Å². The first kappa shape index (κ1) is 22.6. The normalized spacial score (nSPS) is 18.1. The van der Waals surface area contributed by atoms with Crippen molar-refractivity contribution < 1.29 is 24.2 Å². The van der Waals surface area contributed by atoms with E-state index in [-0.39, 0.29) is 31.4 Å². The second-order valence-electron chi connectivity index (χ2n) is 8.51. The van der Waals surface area contributed by atoms with Crippen LogP contribution in [0.1, 0.15) is 36.3 Å². The summed E-state index contributed by atoms with van der Waals surface area (Å²) >= 11 is 0. The molecule has 2 aromatic carbocycles. The third-order valence-corrected chi connectivity index (χ3v) is 6.42. The highest BCUT2D eigenvalue weighted by Crippen LogP contribution is 2.44. The number of carbonyl (C=O) groups excluding carboxylic acids is 2.